The Bertz CT molecular complexity index is 599. The van der Waals surface area contributed by atoms with Gasteiger partial charge in [-0.2, -0.15) is 0 Å². The van der Waals surface area contributed by atoms with E-state index in [-0.39, 0.29) is 17.9 Å². The van der Waals surface area contributed by atoms with Gasteiger partial charge in [0.2, 0.25) is 5.91 Å². The van der Waals surface area contributed by atoms with Gasteiger partial charge in [-0.15, -0.1) is 11.3 Å². The second-order valence-electron chi connectivity index (χ2n) is 5.13. The van der Waals surface area contributed by atoms with Gasteiger partial charge in [-0.05, 0) is 17.7 Å². The van der Waals surface area contributed by atoms with Crippen LogP contribution in [0.15, 0.2) is 42.5 Å². The zero-order valence-electron chi connectivity index (χ0n) is 12.1. The van der Waals surface area contributed by atoms with Crippen molar-refractivity contribution in [3.8, 4) is 0 Å². The van der Waals surface area contributed by atoms with E-state index < -0.39 is 0 Å². The van der Waals surface area contributed by atoms with E-state index in [1.165, 1.54) is 11.3 Å². The third kappa shape index (κ3) is 4.06. The number of nitrogens with two attached hydrogens (primary N) is 1. The molecule has 2 aromatic rings. The smallest absolute Gasteiger partial charge is 0.227 e. The number of carbonyl (C=O) groups is 1. The van der Waals surface area contributed by atoms with Crippen LogP contribution >= 0.6 is 22.9 Å². The molecule has 3 nitrogen and oxygen atoms in total. The molecule has 0 aliphatic heterocycles. The van der Waals surface area contributed by atoms with E-state index in [1.807, 2.05) is 49.4 Å². The van der Waals surface area contributed by atoms with Crippen LogP contribution in [0.3, 0.4) is 0 Å². The predicted octanol–water partition coefficient (Wildman–Crippen LogP) is 3.70. The second kappa shape index (κ2) is 7.07. The SMILES string of the molecule is C[C@@H](C(=O)N(C)Cc1ccc(Cl)s1)[C@@H](N)c1ccccc1. The first-order valence-electron chi connectivity index (χ1n) is 6.78. The molecule has 112 valence electrons. The maximum absolute atomic E-state index is 12.5. The van der Waals surface area contributed by atoms with Crippen molar-refractivity contribution in [3.63, 3.8) is 0 Å². The van der Waals surface area contributed by atoms with Crippen molar-refractivity contribution >= 4 is 28.8 Å². The standard InChI is InChI=1S/C16H19ClN2OS/c1-11(15(18)12-6-4-3-5-7-12)16(20)19(2)10-13-8-9-14(17)21-13/h3-9,11,15H,10,18H2,1-2H3/t11-,15-/m1/s1. The summed E-state index contributed by atoms with van der Waals surface area (Å²) < 4.78 is 0.736. The molecule has 0 bridgehead atoms. The number of nitrogens with zero attached hydrogens (tertiary/aromatic N) is 1. The lowest BCUT2D eigenvalue weighted by atomic mass is 9.94. The largest absolute Gasteiger partial charge is 0.340 e. The average Bonchev–Trinajstić information content (AvgIpc) is 2.90. The number of halogens is 1. The number of thiophene rings is 1. The molecule has 0 saturated carbocycles. The van der Waals surface area contributed by atoms with Crippen LogP contribution < -0.4 is 5.73 Å². The third-order valence-corrected chi connectivity index (χ3v) is 4.73. The molecule has 0 aliphatic carbocycles. The van der Waals surface area contributed by atoms with Gasteiger partial charge in [0.25, 0.3) is 0 Å². The Kier molecular flexibility index (Phi) is 5.39. The van der Waals surface area contributed by atoms with Crippen molar-refractivity contribution in [3.05, 3.63) is 57.2 Å². The Morgan fingerprint density at radius 1 is 1.29 bits per heavy atom. The molecule has 0 radical (unpaired) electrons. The minimum absolute atomic E-state index is 0.0378. The van der Waals surface area contributed by atoms with Crippen LogP contribution in [0.1, 0.15) is 23.4 Å². The second-order valence-corrected chi connectivity index (χ2v) is 6.92. The Morgan fingerprint density at radius 2 is 1.95 bits per heavy atom. The molecule has 2 N–H and O–H groups in total. The molecular weight excluding hydrogens is 304 g/mol. The molecule has 0 aliphatic rings. The van der Waals surface area contributed by atoms with Gasteiger partial charge < -0.3 is 10.6 Å². The molecule has 0 saturated heterocycles. The lowest BCUT2D eigenvalue weighted by molar-refractivity contribution is -0.134. The first-order chi connectivity index (χ1) is 9.99. The third-order valence-electron chi connectivity index (χ3n) is 3.51. The zero-order chi connectivity index (χ0) is 15.4. The molecule has 0 spiro atoms. The van der Waals surface area contributed by atoms with Gasteiger partial charge in [-0.1, -0.05) is 48.9 Å². The highest BCUT2D eigenvalue weighted by atomic mass is 35.5. The van der Waals surface area contributed by atoms with E-state index in [0.29, 0.717) is 6.54 Å². The van der Waals surface area contributed by atoms with Crippen LogP contribution in [0, 0.1) is 5.92 Å². The summed E-state index contributed by atoms with van der Waals surface area (Å²) in [5, 5.41) is 0. The van der Waals surface area contributed by atoms with Crippen molar-refractivity contribution in [1.29, 1.82) is 0 Å². The predicted molar refractivity (Wildman–Crippen MR) is 88.3 cm³/mol. The van der Waals surface area contributed by atoms with Crippen LogP contribution in [-0.2, 0) is 11.3 Å². The maximum Gasteiger partial charge on any atom is 0.227 e. The summed E-state index contributed by atoms with van der Waals surface area (Å²) in [6.07, 6.45) is 0. The number of hydrogen-bond acceptors (Lipinski definition) is 3. The topological polar surface area (TPSA) is 46.3 Å². The van der Waals surface area contributed by atoms with E-state index >= 15 is 0 Å². The van der Waals surface area contributed by atoms with Crippen LogP contribution in [-0.4, -0.2) is 17.9 Å². The average molecular weight is 323 g/mol. The minimum Gasteiger partial charge on any atom is -0.340 e. The summed E-state index contributed by atoms with van der Waals surface area (Å²) in [5.74, 6) is -0.233. The number of hydrogen-bond donors (Lipinski definition) is 1. The first-order valence-corrected chi connectivity index (χ1v) is 7.98. The summed E-state index contributed by atoms with van der Waals surface area (Å²) in [6, 6.07) is 13.2. The van der Waals surface area contributed by atoms with Crippen LogP contribution in [0.25, 0.3) is 0 Å². The molecule has 21 heavy (non-hydrogen) atoms. The fourth-order valence-corrected chi connectivity index (χ4v) is 3.35. The van der Waals surface area contributed by atoms with Gasteiger partial charge in [-0.3, -0.25) is 4.79 Å². The summed E-state index contributed by atoms with van der Waals surface area (Å²) in [7, 11) is 1.80. The van der Waals surface area contributed by atoms with Gasteiger partial charge in [0.05, 0.1) is 16.8 Å². The Hall–Kier alpha value is -1.36. The Balaban J connectivity index is 2.01. The molecule has 2 rings (SSSR count). The molecule has 0 fully saturated rings. The number of rotatable bonds is 5. The van der Waals surface area contributed by atoms with Crippen molar-refractivity contribution in [2.75, 3.05) is 7.05 Å². The molecule has 2 atom stereocenters. The van der Waals surface area contributed by atoms with Crippen LogP contribution in [0.5, 0.6) is 0 Å². The lowest BCUT2D eigenvalue weighted by Crippen LogP contribution is -2.36. The maximum atomic E-state index is 12.5. The molecule has 1 amide bonds. The summed E-state index contributed by atoms with van der Waals surface area (Å²) in [4.78, 5) is 15.3. The quantitative estimate of drug-likeness (QED) is 0.912. The fourth-order valence-electron chi connectivity index (χ4n) is 2.21. The monoisotopic (exact) mass is 322 g/mol. The normalized spacial score (nSPS) is 13.7. The van der Waals surface area contributed by atoms with E-state index in [0.717, 1.165) is 14.8 Å². The molecule has 1 aromatic heterocycles. The summed E-state index contributed by atoms with van der Waals surface area (Å²) in [6.45, 7) is 2.43. The van der Waals surface area contributed by atoms with E-state index in [4.69, 9.17) is 17.3 Å². The van der Waals surface area contributed by atoms with Crippen molar-refractivity contribution in [1.82, 2.24) is 4.90 Å². The number of carbonyl (C=O) groups excluding carboxylic acids is 1. The van der Waals surface area contributed by atoms with Gasteiger partial charge >= 0.3 is 0 Å². The molecule has 0 unspecified atom stereocenters. The van der Waals surface area contributed by atoms with Gasteiger partial charge in [0.1, 0.15) is 0 Å². The molecule has 1 heterocycles. The highest BCUT2D eigenvalue weighted by Gasteiger charge is 2.25. The van der Waals surface area contributed by atoms with Crippen molar-refractivity contribution in [2.45, 2.75) is 19.5 Å². The van der Waals surface area contributed by atoms with Gasteiger partial charge in [0.15, 0.2) is 0 Å². The van der Waals surface area contributed by atoms with Crippen LogP contribution in [0.2, 0.25) is 4.34 Å². The minimum atomic E-state index is -0.298. The molecule has 5 heteroatoms. The van der Waals surface area contributed by atoms with E-state index in [9.17, 15) is 4.79 Å². The number of benzene rings is 1. The Labute approximate surface area is 134 Å². The highest BCUT2D eigenvalue weighted by molar-refractivity contribution is 7.16. The van der Waals surface area contributed by atoms with E-state index in [1.54, 1.807) is 11.9 Å². The fraction of sp³-hybridized carbons (Fsp3) is 0.312. The molecule has 1 aromatic carbocycles. The van der Waals surface area contributed by atoms with Gasteiger partial charge in [-0.25, -0.2) is 0 Å². The number of amides is 1. The molecular formula is C16H19ClN2OS. The van der Waals surface area contributed by atoms with Crippen molar-refractivity contribution < 1.29 is 4.79 Å². The van der Waals surface area contributed by atoms with E-state index in [2.05, 4.69) is 0 Å². The van der Waals surface area contributed by atoms with Crippen LogP contribution in [0.4, 0.5) is 0 Å². The highest BCUT2D eigenvalue weighted by Crippen LogP contribution is 2.24. The van der Waals surface area contributed by atoms with Crippen molar-refractivity contribution in [2.24, 2.45) is 11.7 Å². The summed E-state index contributed by atoms with van der Waals surface area (Å²) >= 11 is 7.40. The first kappa shape index (κ1) is 16.0. The Morgan fingerprint density at radius 3 is 2.52 bits per heavy atom. The lowest BCUT2D eigenvalue weighted by Gasteiger charge is -2.25. The van der Waals surface area contributed by atoms with Gasteiger partial charge in [0, 0.05) is 18.0 Å². The summed E-state index contributed by atoms with van der Waals surface area (Å²) in [5.41, 5.74) is 7.19. The zero-order valence-corrected chi connectivity index (χ0v) is 13.7.